The molecule has 0 saturated carbocycles. The van der Waals surface area contributed by atoms with Gasteiger partial charge in [0.05, 0.1) is 9.79 Å². The summed E-state index contributed by atoms with van der Waals surface area (Å²) in [5, 5.41) is 0. The summed E-state index contributed by atoms with van der Waals surface area (Å²) in [5.74, 6) is -0.00441. The summed E-state index contributed by atoms with van der Waals surface area (Å²) in [6.45, 7) is 14.0. The lowest BCUT2D eigenvalue weighted by Gasteiger charge is -2.15. The van der Waals surface area contributed by atoms with Crippen LogP contribution in [0.25, 0.3) is 0 Å². The summed E-state index contributed by atoms with van der Waals surface area (Å²) < 4.78 is 26.9. The summed E-state index contributed by atoms with van der Waals surface area (Å²) in [6, 6.07) is 20.3. The van der Waals surface area contributed by atoms with Crippen LogP contribution in [0.4, 0.5) is 0 Å². The average Bonchev–Trinajstić information content (AvgIpc) is 2.85. The molecule has 4 rings (SSSR count). The molecule has 37 heavy (non-hydrogen) atoms. The number of rotatable bonds is 6. The lowest BCUT2D eigenvalue weighted by atomic mass is 9.90. The maximum absolute atomic E-state index is 13.4. The molecule has 0 saturated heterocycles. The molecule has 0 radical (unpaired) electrons. The van der Waals surface area contributed by atoms with Crippen LogP contribution in [0, 0.1) is 48.5 Å². The first-order valence-electron chi connectivity index (χ1n) is 12.5. The van der Waals surface area contributed by atoms with Crippen molar-refractivity contribution >= 4 is 15.6 Å². The summed E-state index contributed by atoms with van der Waals surface area (Å²) in [5.41, 5.74) is 10.7. The highest BCUT2D eigenvalue weighted by Gasteiger charge is 2.20. The fourth-order valence-electron chi connectivity index (χ4n) is 4.52. The highest BCUT2D eigenvalue weighted by Crippen LogP contribution is 2.28. The van der Waals surface area contributed by atoms with Gasteiger partial charge in [-0.3, -0.25) is 4.79 Å². The molecule has 0 heterocycles. The predicted octanol–water partition coefficient (Wildman–Crippen LogP) is 7.50. The first kappa shape index (κ1) is 26.6. The minimum absolute atomic E-state index is 0.00441. The van der Waals surface area contributed by atoms with Crippen molar-refractivity contribution < 1.29 is 13.2 Å². The van der Waals surface area contributed by atoms with Crippen molar-refractivity contribution in [2.45, 2.75) is 64.7 Å². The van der Waals surface area contributed by atoms with Crippen LogP contribution in [0.3, 0.4) is 0 Å². The van der Waals surface area contributed by atoms with Gasteiger partial charge in [0.1, 0.15) is 0 Å². The lowest BCUT2D eigenvalue weighted by Crippen LogP contribution is -2.07. The number of aryl methyl sites for hydroxylation is 6. The molecule has 0 aliphatic carbocycles. The molecule has 0 N–H and O–H groups in total. The standard InChI is InChI=1S/C33H34O3S/c1-20-8-11-27(14-23(20)4)33(34)30-15-25(6)26(7)29(18-30)17-28-19-32(13-10-22(28)3)37(35,36)31-12-9-21(2)24(5)16-31/h8-16,18-19H,17H2,1-7H3. The molecule has 0 amide bonds. The second-order valence-electron chi connectivity index (χ2n) is 10.2. The summed E-state index contributed by atoms with van der Waals surface area (Å²) in [6.07, 6.45) is 0.544. The molecular formula is C33H34O3S. The van der Waals surface area contributed by atoms with Gasteiger partial charge in [0.15, 0.2) is 5.78 Å². The van der Waals surface area contributed by atoms with E-state index in [0.29, 0.717) is 22.4 Å². The molecule has 4 heteroatoms. The summed E-state index contributed by atoms with van der Waals surface area (Å²) >= 11 is 0. The van der Waals surface area contributed by atoms with Gasteiger partial charge in [-0.2, -0.15) is 0 Å². The van der Waals surface area contributed by atoms with E-state index in [1.54, 1.807) is 24.3 Å². The number of carbonyl (C=O) groups excluding carboxylic acids is 1. The minimum Gasteiger partial charge on any atom is -0.289 e. The lowest BCUT2D eigenvalue weighted by molar-refractivity contribution is 0.103. The van der Waals surface area contributed by atoms with Crippen LogP contribution < -0.4 is 0 Å². The van der Waals surface area contributed by atoms with Crippen molar-refractivity contribution in [1.82, 2.24) is 0 Å². The quantitative estimate of drug-likeness (QED) is 0.252. The SMILES string of the molecule is Cc1ccc(C(=O)c2cc(C)c(C)c(Cc3cc(S(=O)(=O)c4ccc(C)c(C)c4)ccc3C)c2)cc1C. The van der Waals surface area contributed by atoms with Crippen molar-refractivity contribution in [3.8, 4) is 0 Å². The third-order valence-corrected chi connectivity index (χ3v) is 9.36. The first-order valence-corrected chi connectivity index (χ1v) is 14.0. The van der Waals surface area contributed by atoms with Crippen molar-refractivity contribution in [2.24, 2.45) is 0 Å². The van der Waals surface area contributed by atoms with E-state index < -0.39 is 9.84 Å². The highest BCUT2D eigenvalue weighted by atomic mass is 32.2. The number of hydrogen-bond acceptors (Lipinski definition) is 3. The first-order chi connectivity index (χ1) is 17.4. The van der Waals surface area contributed by atoms with E-state index in [0.717, 1.165) is 50.1 Å². The van der Waals surface area contributed by atoms with Crippen LogP contribution in [0.2, 0.25) is 0 Å². The van der Waals surface area contributed by atoms with E-state index in [4.69, 9.17) is 0 Å². The Bertz CT molecular complexity index is 1640. The molecule has 190 valence electrons. The van der Waals surface area contributed by atoms with Crippen LogP contribution in [0.15, 0.2) is 76.5 Å². The van der Waals surface area contributed by atoms with Gasteiger partial charge in [-0.25, -0.2) is 8.42 Å². The normalized spacial score (nSPS) is 11.5. The number of benzene rings is 4. The van der Waals surface area contributed by atoms with Crippen molar-refractivity contribution in [3.63, 3.8) is 0 Å². The number of sulfone groups is 1. The molecule has 0 atom stereocenters. The van der Waals surface area contributed by atoms with Gasteiger partial charge in [0, 0.05) is 11.1 Å². The average molecular weight is 511 g/mol. The second-order valence-corrected chi connectivity index (χ2v) is 12.2. The van der Waals surface area contributed by atoms with Gasteiger partial charge in [-0.05, 0) is 147 Å². The van der Waals surface area contributed by atoms with E-state index in [1.807, 2.05) is 84.0 Å². The smallest absolute Gasteiger partial charge is 0.206 e. The third-order valence-electron chi connectivity index (χ3n) is 7.61. The zero-order valence-electron chi connectivity index (χ0n) is 22.7. The molecule has 3 nitrogen and oxygen atoms in total. The topological polar surface area (TPSA) is 51.2 Å². The van der Waals surface area contributed by atoms with Crippen molar-refractivity contribution in [3.05, 3.63) is 128 Å². The maximum Gasteiger partial charge on any atom is 0.206 e. The molecule has 0 aliphatic heterocycles. The highest BCUT2D eigenvalue weighted by molar-refractivity contribution is 7.91. The Morgan fingerprint density at radius 2 is 1.08 bits per heavy atom. The second kappa shape index (κ2) is 10.1. The van der Waals surface area contributed by atoms with Gasteiger partial charge in [-0.15, -0.1) is 0 Å². The molecular weight excluding hydrogens is 476 g/mol. The molecule has 4 aromatic rings. The van der Waals surface area contributed by atoms with Gasteiger partial charge in [0.2, 0.25) is 9.84 Å². The minimum atomic E-state index is -3.65. The molecule has 0 aliphatic rings. The fourth-order valence-corrected chi connectivity index (χ4v) is 5.92. The van der Waals surface area contributed by atoms with Gasteiger partial charge in [0.25, 0.3) is 0 Å². The monoisotopic (exact) mass is 510 g/mol. The van der Waals surface area contributed by atoms with E-state index in [9.17, 15) is 13.2 Å². The third kappa shape index (κ3) is 5.30. The van der Waals surface area contributed by atoms with Crippen LogP contribution in [0.5, 0.6) is 0 Å². The Kier molecular flexibility index (Phi) is 7.25. The van der Waals surface area contributed by atoms with E-state index in [1.165, 1.54) is 0 Å². The summed E-state index contributed by atoms with van der Waals surface area (Å²) in [4.78, 5) is 13.9. The molecule has 0 unspecified atom stereocenters. The zero-order valence-corrected chi connectivity index (χ0v) is 23.5. The Morgan fingerprint density at radius 3 is 1.70 bits per heavy atom. The van der Waals surface area contributed by atoms with Gasteiger partial charge >= 0.3 is 0 Å². The Balaban J connectivity index is 1.73. The summed E-state index contributed by atoms with van der Waals surface area (Å²) in [7, 11) is -3.65. The predicted molar refractivity (Wildman–Crippen MR) is 151 cm³/mol. The maximum atomic E-state index is 13.4. The Labute approximate surface area is 221 Å². The van der Waals surface area contributed by atoms with Crippen LogP contribution in [-0.4, -0.2) is 14.2 Å². The van der Waals surface area contributed by atoms with Crippen molar-refractivity contribution in [1.29, 1.82) is 0 Å². The number of hydrogen-bond donors (Lipinski definition) is 0. The van der Waals surface area contributed by atoms with Gasteiger partial charge in [-0.1, -0.05) is 24.3 Å². The van der Waals surface area contributed by atoms with Crippen molar-refractivity contribution in [2.75, 3.05) is 0 Å². The largest absolute Gasteiger partial charge is 0.289 e. The van der Waals surface area contributed by atoms with E-state index >= 15 is 0 Å². The van der Waals surface area contributed by atoms with Crippen LogP contribution in [0.1, 0.15) is 66.0 Å². The molecule has 0 aromatic heterocycles. The van der Waals surface area contributed by atoms with Crippen LogP contribution in [-0.2, 0) is 16.3 Å². The Hall–Kier alpha value is -3.50. The van der Waals surface area contributed by atoms with Crippen LogP contribution >= 0.6 is 0 Å². The Morgan fingerprint density at radius 1 is 0.541 bits per heavy atom. The number of ketones is 1. The molecule has 0 bridgehead atoms. The van der Waals surface area contributed by atoms with E-state index in [-0.39, 0.29) is 10.7 Å². The van der Waals surface area contributed by atoms with E-state index in [2.05, 4.69) is 6.92 Å². The number of carbonyl (C=O) groups is 1. The molecule has 0 spiro atoms. The molecule has 0 fully saturated rings. The fraction of sp³-hybridized carbons (Fsp3) is 0.242. The van der Waals surface area contributed by atoms with Gasteiger partial charge < -0.3 is 0 Å². The zero-order chi connectivity index (χ0) is 27.1. The molecule has 4 aromatic carbocycles.